The molecule has 0 amide bonds. The zero-order valence-electron chi connectivity index (χ0n) is 10.1. The van der Waals surface area contributed by atoms with Crippen LogP contribution < -0.4 is 5.69 Å². The first-order valence-electron chi connectivity index (χ1n) is 5.37. The second-order valence-corrected chi connectivity index (χ2v) is 4.02. The van der Waals surface area contributed by atoms with Gasteiger partial charge in [-0.05, 0) is 26.0 Å². The largest absolute Gasteiger partial charge is 0.332 e. The Morgan fingerprint density at radius 3 is 2.29 bits per heavy atom. The summed E-state index contributed by atoms with van der Waals surface area (Å²) in [6, 6.07) is 7.08. The van der Waals surface area contributed by atoms with Crippen LogP contribution in [0.1, 0.15) is 21.7 Å². The Bertz CT molecular complexity index is 635. The summed E-state index contributed by atoms with van der Waals surface area (Å²) >= 11 is 0. The van der Waals surface area contributed by atoms with Gasteiger partial charge in [-0.2, -0.15) is 0 Å². The van der Waals surface area contributed by atoms with Gasteiger partial charge in [-0.1, -0.05) is 12.1 Å². The molecule has 0 saturated heterocycles. The topological polar surface area (TPSA) is 44.0 Å². The molecule has 17 heavy (non-hydrogen) atoms. The van der Waals surface area contributed by atoms with Gasteiger partial charge in [-0.25, -0.2) is 4.79 Å². The van der Waals surface area contributed by atoms with Gasteiger partial charge in [0, 0.05) is 24.0 Å². The van der Waals surface area contributed by atoms with E-state index >= 15 is 0 Å². The zero-order valence-corrected chi connectivity index (χ0v) is 10.1. The van der Waals surface area contributed by atoms with Crippen LogP contribution in [0.15, 0.2) is 29.1 Å². The maximum absolute atomic E-state index is 12.1. The van der Waals surface area contributed by atoms with Gasteiger partial charge < -0.3 is 0 Å². The second kappa shape index (κ2) is 4.05. The van der Waals surface area contributed by atoms with Gasteiger partial charge in [0.15, 0.2) is 6.29 Å². The molecule has 1 aromatic heterocycles. The molecule has 2 aromatic rings. The standard InChI is InChI=1S/C13H14N2O2/c1-9-10(2)15(13(17)14(9)3)12-7-5-4-6-11(12)8-16/h4-8H,1-3H3. The van der Waals surface area contributed by atoms with Crippen LogP contribution in [0.4, 0.5) is 0 Å². The first kappa shape index (κ1) is 11.4. The lowest BCUT2D eigenvalue weighted by molar-refractivity contribution is 0.112. The zero-order chi connectivity index (χ0) is 12.6. The maximum atomic E-state index is 12.1. The average Bonchev–Trinajstić information content (AvgIpc) is 2.54. The monoisotopic (exact) mass is 230 g/mol. The van der Waals surface area contributed by atoms with E-state index in [0.717, 1.165) is 17.7 Å². The SMILES string of the molecule is Cc1c(C)n(-c2ccccc2C=O)c(=O)n1C. The van der Waals surface area contributed by atoms with Crippen molar-refractivity contribution in [1.29, 1.82) is 0 Å². The number of hydrogen-bond donors (Lipinski definition) is 0. The highest BCUT2D eigenvalue weighted by atomic mass is 16.1. The van der Waals surface area contributed by atoms with E-state index in [2.05, 4.69) is 0 Å². The lowest BCUT2D eigenvalue weighted by Crippen LogP contribution is -2.22. The third-order valence-electron chi connectivity index (χ3n) is 3.14. The van der Waals surface area contributed by atoms with Crippen molar-refractivity contribution in [2.24, 2.45) is 7.05 Å². The molecule has 0 fully saturated rings. The summed E-state index contributed by atoms with van der Waals surface area (Å²) in [5, 5.41) is 0. The summed E-state index contributed by atoms with van der Waals surface area (Å²) in [6.07, 6.45) is 0.767. The van der Waals surface area contributed by atoms with Crippen molar-refractivity contribution in [3.63, 3.8) is 0 Å². The normalized spacial score (nSPS) is 10.5. The number of carbonyl (C=O) groups excluding carboxylic acids is 1. The number of hydrogen-bond acceptors (Lipinski definition) is 2. The second-order valence-electron chi connectivity index (χ2n) is 4.02. The van der Waals surface area contributed by atoms with Crippen molar-refractivity contribution in [3.8, 4) is 5.69 Å². The number of nitrogens with zero attached hydrogens (tertiary/aromatic N) is 2. The third-order valence-corrected chi connectivity index (χ3v) is 3.14. The summed E-state index contributed by atoms with van der Waals surface area (Å²) in [5.74, 6) is 0. The number of carbonyl (C=O) groups is 1. The summed E-state index contributed by atoms with van der Waals surface area (Å²) < 4.78 is 3.15. The third kappa shape index (κ3) is 1.62. The van der Waals surface area contributed by atoms with Gasteiger partial charge in [-0.15, -0.1) is 0 Å². The Morgan fingerprint density at radius 1 is 1.12 bits per heavy atom. The highest BCUT2D eigenvalue weighted by Gasteiger charge is 2.14. The molecular weight excluding hydrogens is 216 g/mol. The molecule has 0 aliphatic carbocycles. The predicted molar refractivity (Wildman–Crippen MR) is 65.9 cm³/mol. The Hall–Kier alpha value is -2.10. The number of benzene rings is 1. The van der Waals surface area contributed by atoms with E-state index in [4.69, 9.17) is 0 Å². The molecule has 0 saturated carbocycles. The van der Waals surface area contributed by atoms with Crippen LogP contribution in [0.5, 0.6) is 0 Å². The summed E-state index contributed by atoms with van der Waals surface area (Å²) in [6.45, 7) is 3.76. The highest BCUT2D eigenvalue weighted by molar-refractivity contribution is 5.80. The number of rotatable bonds is 2. The minimum Gasteiger partial charge on any atom is -0.299 e. The highest BCUT2D eigenvalue weighted by Crippen LogP contribution is 2.15. The molecule has 0 aliphatic rings. The minimum absolute atomic E-state index is 0.130. The molecular formula is C13H14N2O2. The fraction of sp³-hybridized carbons (Fsp3) is 0.231. The van der Waals surface area contributed by atoms with Crippen molar-refractivity contribution in [2.45, 2.75) is 13.8 Å². The number of para-hydroxylation sites is 1. The molecule has 4 nitrogen and oxygen atoms in total. The van der Waals surface area contributed by atoms with Gasteiger partial charge in [0.2, 0.25) is 0 Å². The number of imidazole rings is 1. The minimum atomic E-state index is -0.130. The van der Waals surface area contributed by atoms with E-state index in [0.29, 0.717) is 11.3 Å². The molecule has 1 heterocycles. The van der Waals surface area contributed by atoms with E-state index in [1.807, 2.05) is 19.9 Å². The van der Waals surface area contributed by atoms with Crippen LogP contribution in [-0.2, 0) is 7.05 Å². The van der Waals surface area contributed by atoms with Crippen LogP contribution in [0.3, 0.4) is 0 Å². The van der Waals surface area contributed by atoms with Gasteiger partial charge in [0.1, 0.15) is 0 Å². The quantitative estimate of drug-likeness (QED) is 0.736. The Balaban J connectivity index is 2.82. The van der Waals surface area contributed by atoms with E-state index in [1.54, 1.807) is 34.4 Å². The Labute approximate surface area is 99.1 Å². The van der Waals surface area contributed by atoms with Crippen molar-refractivity contribution in [1.82, 2.24) is 9.13 Å². The van der Waals surface area contributed by atoms with Gasteiger partial charge in [-0.3, -0.25) is 13.9 Å². The van der Waals surface area contributed by atoms with Crippen molar-refractivity contribution < 1.29 is 4.79 Å². The Morgan fingerprint density at radius 2 is 1.76 bits per heavy atom. The lowest BCUT2D eigenvalue weighted by atomic mass is 10.2. The molecule has 0 radical (unpaired) electrons. The van der Waals surface area contributed by atoms with Crippen molar-refractivity contribution in [2.75, 3.05) is 0 Å². The molecule has 0 N–H and O–H groups in total. The predicted octanol–water partition coefficient (Wildman–Crippen LogP) is 1.61. The van der Waals surface area contributed by atoms with Gasteiger partial charge in [0.05, 0.1) is 5.69 Å². The average molecular weight is 230 g/mol. The van der Waals surface area contributed by atoms with Crippen LogP contribution >= 0.6 is 0 Å². The molecule has 0 unspecified atom stereocenters. The summed E-state index contributed by atoms with van der Waals surface area (Å²) in [4.78, 5) is 23.1. The first-order chi connectivity index (χ1) is 8.07. The fourth-order valence-electron chi connectivity index (χ4n) is 1.92. The molecule has 88 valence electrons. The molecule has 0 atom stereocenters. The lowest BCUT2D eigenvalue weighted by Gasteiger charge is -2.06. The van der Waals surface area contributed by atoms with Crippen LogP contribution in [0.25, 0.3) is 5.69 Å². The molecule has 0 bridgehead atoms. The van der Waals surface area contributed by atoms with Gasteiger partial charge in [0.25, 0.3) is 0 Å². The number of aldehydes is 1. The summed E-state index contributed by atoms with van der Waals surface area (Å²) in [7, 11) is 1.73. The first-order valence-corrected chi connectivity index (χ1v) is 5.37. The summed E-state index contributed by atoms with van der Waals surface area (Å²) in [5.41, 5.74) is 2.77. The van der Waals surface area contributed by atoms with E-state index in [1.165, 1.54) is 0 Å². The molecule has 4 heteroatoms. The molecule has 0 spiro atoms. The maximum Gasteiger partial charge on any atom is 0.332 e. The van der Waals surface area contributed by atoms with E-state index in [9.17, 15) is 9.59 Å². The molecule has 2 rings (SSSR count). The van der Waals surface area contributed by atoms with E-state index in [-0.39, 0.29) is 5.69 Å². The fourth-order valence-corrected chi connectivity index (χ4v) is 1.92. The molecule has 0 aliphatic heterocycles. The van der Waals surface area contributed by atoms with Crippen LogP contribution in [-0.4, -0.2) is 15.4 Å². The van der Waals surface area contributed by atoms with Crippen molar-refractivity contribution >= 4 is 6.29 Å². The number of aromatic nitrogens is 2. The Kier molecular flexibility index (Phi) is 2.71. The van der Waals surface area contributed by atoms with Crippen molar-refractivity contribution in [3.05, 3.63) is 51.7 Å². The molecule has 1 aromatic carbocycles. The smallest absolute Gasteiger partial charge is 0.299 e. The van der Waals surface area contributed by atoms with Crippen LogP contribution in [0, 0.1) is 13.8 Å². The van der Waals surface area contributed by atoms with Gasteiger partial charge >= 0.3 is 5.69 Å². The van der Waals surface area contributed by atoms with Crippen LogP contribution in [0.2, 0.25) is 0 Å². The van der Waals surface area contributed by atoms with E-state index < -0.39 is 0 Å².